The van der Waals surface area contributed by atoms with E-state index >= 15 is 0 Å². The molecule has 0 amide bonds. The van der Waals surface area contributed by atoms with Gasteiger partial charge in [0.1, 0.15) is 5.76 Å². The predicted molar refractivity (Wildman–Crippen MR) is 104 cm³/mol. The van der Waals surface area contributed by atoms with Crippen LogP contribution in [0.4, 0.5) is 0 Å². The van der Waals surface area contributed by atoms with Crippen molar-refractivity contribution < 1.29 is 12.8 Å². The topological polar surface area (TPSA) is 72.5 Å². The summed E-state index contributed by atoms with van der Waals surface area (Å²) in [5.74, 6) is 0.697. The van der Waals surface area contributed by atoms with E-state index in [1.54, 1.807) is 53.0 Å². The molecule has 1 aromatic carbocycles. The van der Waals surface area contributed by atoms with Gasteiger partial charge in [-0.25, -0.2) is 8.42 Å². The van der Waals surface area contributed by atoms with Gasteiger partial charge in [-0.15, -0.1) is 0 Å². The van der Waals surface area contributed by atoms with E-state index in [2.05, 4.69) is 0 Å². The summed E-state index contributed by atoms with van der Waals surface area (Å²) in [5.41, 5.74) is 1.38. The van der Waals surface area contributed by atoms with Crippen LogP contribution in [0.15, 0.2) is 75.0 Å². The molecule has 0 radical (unpaired) electrons. The number of rotatable bonds is 3. The highest BCUT2D eigenvalue weighted by Crippen LogP contribution is 2.37. The second kappa shape index (κ2) is 6.46. The van der Waals surface area contributed by atoms with Gasteiger partial charge in [0.2, 0.25) is 10.0 Å². The molecule has 6 nitrogen and oxygen atoms in total. The van der Waals surface area contributed by atoms with E-state index in [9.17, 15) is 13.2 Å². The van der Waals surface area contributed by atoms with Gasteiger partial charge in [-0.1, -0.05) is 18.2 Å². The van der Waals surface area contributed by atoms with Crippen LogP contribution in [-0.4, -0.2) is 30.4 Å². The summed E-state index contributed by atoms with van der Waals surface area (Å²) in [6, 6.07) is 15.8. The first-order valence-corrected chi connectivity index (χ1v) is 10.8. The number of fused-ring (bicyclic) bond motifs is 4. The largest absolute Gasteiger partial charge is 0.464 e. The Balaban J connectivity index is 1.51. The first kappa shape index (κ1) is 17.5. The van der Waals surface area contributed by atoms with Crippen LogP contribution in [0.5, 0.6) is 0 Å². The van der Waals surface area contributed by atoms with E-state index in [0.717, 1.165) is 12.1 Å². The SMILES string of the molecule is O=c1c(-c2ccco2)ccc2n1CC1CC2CN(S(=O)(=O)c2ccccc2)C1. The van der Waals surface area contributed by atoms with E-state index in [4.69, 9.17) is 4.42 Å². The Bertz CT molecular complexity index is 1170. The van der Waals surface area contributed by atoms with Gasteiger partial charge in [0, 0.05) is 31.2 Å². The van der Waals surface area contributed by atoms with E-state index in [1.165, 1.54) is 0 Å². The molecule has 2 aliphatic rings. The highest BCUT2D eigenvalue weighted by Gasteiger charge is 2.39. The van der Waals surface area contributed by atoms with Crippen LogP contribution in [0.1, 0.15) is 18.0 Å². The maximum absolute atomic E-state index is 13.1. The molecule has 1 saturated heterocycles. The van der Waals surface area contributed by atoms with Crippen molar-refractivity contribution in [1.29, 1.82) is 0 Å². The summed E-state index contributed by atoms with van der Waals surface area (Å²) < 4.78 is 34.9. The Morgan fingerprint density at radius 3 is 2.50 bits per heavy atom. The number of benzene rings is 1. The molecular formula is C21H20N2O4S. The van der Waals surface area contributed by atoms with Crippen molar-refractivity contribution in [1.82, 2.24) is 8.87 Å². The summed E-state index contributed by atoms with van der Waals surface area (Å²) in [7, 11) is -3.53. The van der Waals surface area contributed by atoms with E-state index in [1.807, 2.05) is 16.7 Å². The number of pyridine rings is 1. The van der Waals surface area contributed by atoms with Crippen molar-refractivity contribution in [3.63, 3.8) is 0 Å². The number of hydrogen-bond donors (Lipinski definition) is 0. The fourth-order valence-corrected chi connectivity index (χ4v) is 6.04. The Morgan fingerprint density at radius 2 is 1.75 bits per heavy atom. The van der Waals surface area contributed by atoms with Gasteiger partial charge >= 0.3 is 0 Å². The lowest BCUT2D eigenvalue weighted by molar-refractivity contribution is 0.186. The molecule has 2 bridgehead atoms. The maximum atomic E-state index is 13.1. The van der Waals surface area contributed by atoms with Gasteiger partial charge < -0.3 is 8.98 Å². The molecule has 2 unspecified atom stereocenters. The third-order valence-electron chi connectivity index (χ3n) is 5.74. The average Bonchev–Trinajstić information content (AvgIpc) is 3.24. The number of sulfonamides is 1. The number of piperidine rings is 1. The lowest BCUT2D eigenvalue weighted by Crippen LogP contribution is -2.49. The monoisotopic (exact) mass is 396 g/mol. The van der Waals surface area contributed by atoms with Crippen LogP contribution >= 0.6 is 0 Å². The lowest BCUT2D eigenvalue weighted by Gasteiger charge is -2.42. The molecule has 0 spiro atoms. The summed E-state index contributed by atoms with van der Waals surface area (Å²) >= 11 is 0. The van der Waals surface area contributed by atoms with Gasteiger partial charge in [0.15, 0.2) is 0 Å². The summed E-state index contributed by atoms with van der Waals surface area (Å²) in [4.78, 5) is 13.3. The molecule has 3 aromatic rings. The molecule has 2 atom stereocenters. The van der Waals surface area contributed by atoms with Gasteiger partial charge in [-0.2, -0.15) is 4.31 Å². The van der Waals surface area contributed by atoms with Crippen molar-refractivity contribution in [2.45, 2.75) is 23.8 Å². The number of aromatic nitrogens is 1. The zero-order valence-corrected chi connectivity index (χ0v) is 16.0. The van der Waals surface area contributed by atoms with Crippen LogP contribution in [0, 0.1) is 5.92 Å². The van der Waals surface area contributed by atoms with Crippen LogP contribution in [0.25, 0.3) is 11.3 Å². The van der Waals surface area contributed by atoms with Gasteiger partial charge in [-0.05, 0) is 48.7 Å². The highest BCUT2D eigenvalue weighted by molar-refractivity contribution is 7.89. The summed E-state index contributed by atoms with van der Waals surface area (Å²) in [6.07, 6.45) is 2.46. The Morgan fingerprint density at radius 1 is 0.929 bits per heavy atom. The molecule has 5 rings (SSSR count). The normalized spacial score (nSPS) is 22.0. The lowest BCUT2D eigenvalue weighted by atomic mass is 9.84. The first-order chi connectivity index (χ1) is 13.5. The molecule has 7 heteroatoms. The summed E-state index contributed by atoms with van der Waals surface area (Å²) in [5, 5.41) is 0. The van der Waals surface area contributed by atoms with Crippen molar-refractivity contribution in [2.75, 3.05) is 13.1 Å². The minimum atomic E-state index is -3.53. The number of nitrogens with zero attached hydrogens (tertiary/aromatic N) is 2. The molecule has 1 fully saturated rings. The first-order valence-electron chi connectivity index (χ1n) is 9.37. The van der Waals surface area contributed by atoms with E-state index in [-0.39, 0.29) is 17.4 Å². The minimum Gasteiger partial charge on any atom is -0.464 e. The van der Waals surface area contributed by atoms with Crippen molar-refractivity contribution in [2.24, 2.45) is 5.92 Å². The average molecular weight is 396 g/mol. The van der Waals surface area contributed by atoms with E-state index in [0.29, 0.717) is 35.9 Å². The van der Waals surface area contributed by atoms with Crippen LogP contribution in [0.2, 0.25) is 0 Å². The fourth-order valence-electron chi connectivity index (χ4n) is 4.46. The minimum absolute atomic E-state index is 0.0179. The van der Waals surface area contributed by atoms with E-state index < -0.39 is 10.0 Å². The maximum Gasteiger partial charge on any atom is 0.261 e. The van der Waals surface area contributed by atoms with Gasteiger partial charge in [0.05, 0.1) is 16.7 Å². The molecule has 28 heavy (non-hydrogen) atoms. The molecule has 2 aromatic heterocycles. The quantitative estimate of drug-likeness (QED) is 0.682. The zero-order chi connectivity index (χ0) is 19.3. The smallest absolute Gasteiger partial charge is 0.261 e. The molecule has 144 valence electrons. The molecule has 4 heterocycles. The molecule has 0 N–H and O–H groups in total. The third-order valence-corrected chi connectivity index (χ3v) is 7.58. The fraction of sp³-hybridized carbons (Fsp3) is 0.286. The Kier molecular flexibility index (Phi) is 4.03. The van der Waals surface area contributed by atoms with Crippen LogP contribution < -0.4 is 5.56 Å². The summed E-state index contributed by atoms with van der Waals surface area (Å²) in [6.45, 7) is 1.36. The molecule has 0 saturated carbocycles. The van der Waals surface area contributed by atoms with Crippen LogP contribution in [0.3, 0.4) is 0 Å². The van der Waals surface area contributed by atoms with Crippen molar-refractivity contribution >= 4 is 10.0 Å². The van der Waals surface area contributed by atoms with Crippen molar-refractivity contribution in [3.05, 3.63) is 76.9 Å². The number of hydrogen-bond acceptors (Lipinski definition) is 4. The molecule has 2 aliphatic heterocycles. The third kappa shape index (κ3) is 2.73. The predicted octanol–water partition coefficient (Wildman–Crippen LogP) is 2.92. The molecular weight excluding hydrogens is 376 g/mol. The van der Waals surface area contributed by atoms with Crippen molar-refractivity contribution in [3.8, 4) is 11.3 Å². The second-order valence-corrected chi connectivity index (χ2v) is 9.44. The Labute approximate surface area is 163 Å². The van der Waals surface area contributed by atoms with Gasteiger partial charge in [-0.3, -0.25) is 4.79 Å². The van der Waals surface area contributed by atoms with Crippen LogP contribution in [-0.2, 0) is 16.6 Å². The standard InChI is InChI=1S/C21H20N2O4S/c24-21-18(20-7-4-10-27-20)8-9-19-16-11-15(13-23(19)21)12-22(14-16)28(25,26)17-5-2-1-3-6-17/h1-10,15-16H,11-14H2. The Hall–Kier alpha value is -2.64. The van der Waals surface area contributed by atoms with Gasteiger partial charge in [0.25, 0.3) is 5.56 Å². The zero-order valence-electron chi connectivity index (χ0n) is 15.2. The highest BCUT2D eigenvalue weighted by atomic mass is 32.2. The number of furan rings is 1. The second-order valence-electron chi connectivity index (χ2n) is 7.50. The molecule has 0 aliphatic carbocycles.